The van der Waals surface area contributed by atoms with Gasteiger partial charge in [0.1, 0.15) is 17.1 Å². The van der Waals surface area contributed by atoms with Crippen molar-refractivity contribution < 1.29 is 18.4 Å². The molecule has 5 rings (SSSR count). The molecule has 2 aliphatic rings. The first kappa shape index (κ1) is 22.7. The second-order valence-electron chi connectivity index (χ2n) is 8.98. The van der Waals surface area contributed by atoms with Crippen molar-refractivity contribution in [2.75, 3.05) is 29.6 Å². The fraction of sp³-hybridized carbons (Fsp3) is 0.348. The third-order valence-electron chi connectivity index (χ3n) is 6.32. The minimum Gasteiger partial charge on any atom is -0.366 e. The average Bonchev–Trinajstić information content (AvgIpc) is 3.29. The third kappa shape index (κ3) is 3.84. The molecule has 3 aromatic rings. The first-order valence-corrected chi connectivity index (χ1v) is 11.0. The number of para-hydroxylation sites is 1. The molecule has 2 atom stereocenters. The molecule has 1 aromatic carbocycles. The molecule has 3 N–H and O–H groups in total. The highest BCUT2D eigenvalue weighted by Crippen LogP contribution is 2.47. The highest BCUT2D eigenvalue weighted by Gasteiger charge is 2.56. The first-order chi connectivity index (χ1) is 16.6. The average molecular weight is 482 g/mol. The van der Waals surface area contributed by atoms with Gasteiger partial charge in [0, 0.05) is 32.9 Å². The fourth-order valence-electron chi connectivity index (χ4n) is 4.36. The molecule has 1 aliphatic carbocycles. The number of anilines is 4. The molecule has 0 spiro atoms. The Morgan fingerprint density at radius 1 is 1.23 bits per heavy atom. The molecule has 1 fully saturated rings. The van der Waals surface area contributed by atoms with E-state index in [1.165, 1.54) is 25.0 Å². The molecule has 0 radical (unpaired) electrons. The molecule has 12 heteroatoms. The van der Waals surface area contributed by atoms with Gasteiger partial charge in [0.2, 0.25) is 5.91 Å². The van der Waals surface area contributed by atoms with Crippen LogP contribution in [0.15, 0.2) is 24.4 Å². The van der Waals surface area contributed by atoms with Crippen molar-refractivity contribution in [3.8, 4) is 11.3 Å². The third-order valence-corrected chi connectivity index (χ3v) is 6.32. The van der Waals surface area contributed by atoms with Gasteiger partial charge in [-0.3, -0.25) is 9.59 Å². The van der Waals surface area contributed by atoms with Crippen LogP contribution in [0.5, 0.6) is 0 Å². The van der Waals surface area contributed by atoms with Gasteiger partial charge >= 0.3 is 0 Å². The van der Waals surface area contributed by atoms with Crippen LogP contribution in [-0.2, 0) is 18.4 Å². The number of aryl methyl sites for hydroxylation is 1. The predicted octanol–water partition coefficient (Wildman–Crippen LogP) is 2.76. The molecule has 2 amide bonds. The van der Waals surface area contributed by atoms with E-state index in [0.29, 0.717) is 12.2 Å². The summed E-state index contributed by atoms with van der Waals surface area (Å²) < 4.78 is 29.6. The van der Waals surface area contributed by atoms with Crippen LogP contribution < -0.4 is 20.9 Å². The van der Waals surface area contributed by atoms with Gasteiger partial charge < -0.3 is 20.9 Å². The Kier molecular flexibility index (Phi) is 5.18. The lowest BCUT2D eigenvalue weighted by Crippen LogP contribution is -2.24. The number of pyridine rings is 1. The number of aromatic nitrogens is 4. The van der Waals surface area contributed by atoms with E-state index < -0.39 is 29.2 Å². The lowest BCUT2D eigenvalue weighted by atomic mass is 10.0. The van der Waals surface area contributed by atoms with Crippen molar-refractivity contribution >= 4 is 34.7 Å². The summed E-state index contributed by atoms with van der Waals surface area (Å²) >= 11 is 0. The predicted molar refractivity (Wildman–Crippen MR) is 126 cm³/mol. The van der Waals surface area contributed by atoms with Crippen LogP contribution >= 0.6 is 0 Å². The van der Waals surface area contributed by atoms with Crippen molar-refractivity contribution in [1.82, 2.24) is 25.3 Å². The monoisotopic (exact) mass is 482 g/mol. The van der Waals surface area contributed by atoms with Crippen LogP contribution in [0.2, 0.25) is 0 Å². The summed E-state index contributed by atoms with van der Waals surface area (Å²) in [4.78, 5) is 32.2. The molecule has 35 heavy (non-hydrogen) atoms. The van der Waals surface area contributed by atoms with Crippen LogP contribution in [0.3, 0.4) is 0 Å². The molecule has 1 aliphatic heterocycles. The van der Waals surface area contributed by atoms with Crippen molar-refractivity contribution in [3.63, 3.8) is 0 Å². The molecule has 3 heterocycles. The molecular formula is C23H24F2N8O2. The zero-order valence-electron chi connectivity index (χ0n) is 19.6. The van der Waals surface area contributed by atoms with Gasteiger partial charge in [0.15, 0.2) is 11.6 Å². The quantitative estimate of drug-likeness (QED) is 0.512. The number of nitrogens with zero attached hydrogens (tertiary/aromatic N) is 5. The molecule has 10 nitrogen and oxygen atoms in total. The summed E-state index contributed by atoms with van der Waals surface area (Å²) in [6.07, 6.45) is 1.23. The van der Waals surface area contributed by atoms with Gasteiger partial charge in [0.25, 0.3) is 5.91 Å². The summed E-state index contributed by atoms with van der Waals surface area (Å²) in [5.41, 5.74) is 1.76. The van der Waals surface area contributed by atoms with Gasteiger partial charge in [-0.25, -0.2) is 13.8 Å². The lowest BCUT2D eigenvalue weighted by Gasteiger charge is -2.29. The number of hydrogen-bond acceptors (Lipinski definition) is 7. The Morgan fingerprint density at radius 2 is 1.97 bits per heavy atom. The highest BCUT2D eigenvalue weighted by atomic mass is 19.1. The number of carbonyl (C=O) groups is 2. The van der Waals surface area contributed by atoms with Gasteiger partial charge in [0.05, 0.1) is 35.1 Å². The van der Waals surface area contributed by atoms with E-state index in [9.17, 15) is 14.0 Å². The smallest absolute Gasteiger partial charge is 0.254 e. The van der Waals surface area contributed by atoms with E-state index in [-0.39, 0.29) is 23.5 Å². The molecule has 0 saturated heterocycles. The van der Waals surface area contributed by atoms with Crippen molar-refractivity contribution in [2.24, 2.45) is 13.0 Å². The standard InChI is InChI=1S/C23H24F2N8O2/c1-23(25)8-13(23)22(35)29-20-16(24)18(12(9-27-20)21(34)26-2)28-14-7-5-6-11-17-15(30-33(4)31-17)10-32(3)19(11)14/h5-7,9,13H,8,10H2,1-4H3,(H,26,34)(H2,27,28,29,35)/t13-,23?/m1/s1. The minimum absolute atomic E-state index is 0.0546. The van der Waals surface area contributed by atoms with Crippen LogP contribution in [-0.4, -0.2) is 51.6 Å². The van der Waals surface area contributed by atoms with E-state index in [1.54, 1.807) is 19.2 Å². The number of carbonyl (C=O) groups excluding carboxylic acids is 2. The number of alkyl halides is 1. The number of rotatable bonds is 5. The number of amides is 2. The topological polar surface area (TPSA) is 117 Å². The highest BCUT2D eigenvalue weighted by molar-refractivity contribution is 6.03. The molecule has 0 bridgehead atoms. The number of hydrogen-bond donors (Lipinski definition) is 3. The maximum Gasteiger partial charge on any atom is 0.254 e. The van der Waals surface area contributed by atoms with E-state index in [2.05, 4.69) is 31.1 Å². The molecule has 182 valence electrons. The summed E-state index contributed by atoms with van der Waals surface area (Å²) in [6, 6.07) is 5.43. The molecular weight excluding hydrogens is 458 g/mol. The van der Waals surface area contributed by atoms with Crippen LogP contribution in [0.1, 0.15) is 29.4 Å². The summed E-state index contributed by atoms with van der Waals surface area (Å²) in [7, 11) is 5.03. The van der Waals surface area contributed by atoms with E-state index in [1.807, 2.05) is 18.0 Å². The lowest BCUT2D eigenvalue weighted by molar-refractivity contribution is -0.118. The molecule has 1 saturated carbocycles. The number of benzene rings is 1. The zero-order valence-corrected chi connectivity index (χ0v) is 19.6. The summed E-state index contributed by atoms with van der Waals surface area (Å²) in [5, 5.41) is 16.7. The van der Waals surface area contributed by atoms with Crippen LogP contribution in [0.4, 0.5) is 31.7 Å². The molecule has 2 aromatic heterocycles. The summed E-state index contributed by atoms with van der Waals surface area (Å²) in [5.74, 6) is -3.41. The number of halogens is 2. The summed E-state index contributed by atoms with van der Waals surface area (Å²) in [6.45, 7) is 1.81. The first-order valence-electron chi connectivity index (χ1n) is 11.0. The SMILES string of the molecule is CNC(=O)c1cnc(NC(=O)[C@H]2CC2(C)F)c(F)c1Nc1cccc2c1N(C)Cc1nn(C)nc1-2. The normalized spacial score (nSPS) is 20.1. The van der Waals surface area contributed by atoms with E-state index >= 15 is 4.39 Å². The van der Waals surface area contributed by atoms with Gasteiger partial charge in [-0.05, 0) is 19.4 Å². The Hall–Kier alpha value is -4.09. The van der Waals surface area contributed by atoms with E-state index in [4.69, 9.17) is 0 Å². The van der Waals surface area contributed by atoms with Crippen molar-refractivity contribution in [2.45, 2.75) is 25.6 Å². The van der Waals surface area contributed by atoms with Crippen LogP contribution in [0.25, 0.3) is 11.3 Å². The van der Waals surface area contributed by atoms with Gasteiger partial charge in [-0.2, -0.15) is 15.0 Å². The van der Waals surface area contributed by atoms with E-state index in [0.717, 1.165) is 22.6 Å². The minimum atomic E-state index is -1.61. The number of nitrogens with one attached hydrogen (secondary N) is 3. The number of fused-ring (bicyclic) bond motifs is 3. The van der Waals surface area contributed by atoms with Crippen molar-refractivity contribution in [1.29, 1.82) is 0 Å². The molecule has 1 unspecified atom stereocenters. The fourth-order valence-corrected chi connectivity index (χ4v) is 4.36. The van der Waals surface area contributed by atoms with Crippen molar-refractivity contribution in [3.05, 3.63) is 41.5 Å². The second kappa shape index (κ2) is 8.00. The largest absolute Gasteiger partial charge is 0.366 e. The Morgan fingerprint density at radius 3 is 2.66 bits per heavy atom. The van der Waals surface area contributed by atoms with Crippen LogP contribution in [0, 0.1) is 11.7 Å². The van der Waals surface area contributed by atoms with Gasteiger partial charge in [-0.1, -0.05) is 12.1 Å². The van der Waals surface area contributed by atoms with Gasteiger partial charge in [-0.15, -0.1) is 0 Å². The second-order valence-corrected chi connectivity index (χ2v) is 8.98. The maximum absolute atomic E-state index is 15.7. The maximum atomic E-state index is 15.7. The Labute approximate surface area is 199 Å². The zero-order chi connectivity index (χ0) is 25.1. The Bertz CT molecular complexity index is 1370. The Balaban J connectivity index is 1.56.